The molecule has 88 valence electrons. The fourth-order valence-electron chi connectivity index (χ4n) is 2.26. The molecule has 3 rings (SSSR count). The summed E-state index contributed by atoms with van der Waals surface area (Å²) in [5.74, 6) is 0. The van der Waals surface area contributed by atoms with Gasteiger partial charge in [-0.05, 0) is 58.2 Å². The minimum Gasteiger partial charge on any atom is -0.263 e. The topological polar surface area (TPSA) is 12.9 Å². The minimum atomic E-state index is 1.19. The summed E-state index contributed by atoms with van der Waals surface area (Å²) in [6.45, 7) is 2.15. The lowest BCUT2D eigenvalue weighted by Crippen LogP contribution is -1.87. The first kappa shape index (κ1) is 11.7. The van der Waals surface area contributed by atoms with E-state index >= 15 is 0 Å². The Kier molecular flexibility index (Phi) is 3.04. The number of fused-ring (bicyclic) bond motifs is 1. The van der Waals surface area contributed by atoms with Crippen molar-refractivity contribution in [3.05, 3.63) is 64.0 Å². The van der Waals surface area contributed by atoms with Crippen LogP contribution in [0, 0.1) is 10.5 Å². The van der Waals surface area contributed by atoms with Gasteiger partial charge in [0, 0.05) is 26.9 Å². The lowest BCUT2D eigenvalue weighted by molar-refractivity contribution is 1.35. The van der Waals surface area contributed by atoms with Gasteiger partial charge in [0.2, 0.25) is 0 Å². The largest absolute Gasteiger partial charge is 0.263 e. The molecule has 1 heterocycles. The van der Waals surface area contributed by atoms with Crippen molar-refractivity contribution in [2.75, 3.05) is 0 Å². The Balaban J connectivity index is 2.31. The van der Waals surface area contributed by atoms with Gasteiger partial charge in [0.25, 0.3) is 0 Å². The Labute approximate surface area is 120 Å². The van der Waals surface area contributed by atoms with E-state index in [0.29, 0.717) is 0 Å². The van der Waals surface area contributed by atoms with Crippen LogP contribution in [0.2, 0.25) is 0 Å². The first-order valence-corrected chi connectivity index (χ1v) is 6.93. The number of benzene rings is 2. The van der Waals surface area contributed by atoms with E-state index in [1.165, 1.54) is 31.0 Å². The molecular formula is C16H12IN. The van der Waals surface area contributed by atoms with E-state index in [2.05, 4.69) is 77.0 Å². The number of pyridine rings is 1. The summed E-state index contributed by atoms with van der Waals surface area (Å²) in [7, 11) is 0. The molecular weight excluding hydrogens is 333 g/mol. The van der Waals surface area contributed by atoms with Crippen molar-refractivity contribution in [2.24, 2.45) is 0 Å². The van der Waals surface area contributed by atoms with Gasteiger partial charge in [0.15, 0.2) is 0 Å². The van der Waals surface area contributed by atoms with Crippen LogP contribution in [0.1, 0.15) is 5.56 Å². The van der Waals surface area contributed by atoms with Gasteiger partial charge in [-0.15, -0.1) is 0 Å². The highest BCUT2D eigenvalue weighted by molar-refractivity contribution is 14.1. The fraction of sp³-hybridized carbons (Fsp3) is 0.0625. The van der Waals surface area contributed by atoms with Crippen molar-refractivity contribution >= 4 is 33.4 Å². The number of aromatic nitrogens is 1. The van der Waals surface area contributed by atoms with E-state index in [1.54, 1.807) is 0 Å². The molecule has 18 heavy (non-hydrogen) atoms. The summed E-state index contributed by atoms with van der Waals surface area (Å²) in [5.41, 5.74) is 3.77. The molecule has 0 radical (unpaired) electrons. The lowest BCUT2D eigenvalue weighted by Gasteiger charge is -2.09. The second-order valence-electron chi connectivity index (χ2n) is 4.37. The van der Waals surface area contributed by atoms with Crippen LogP contribution in [0.5, 0.6) is 0 Å². The van der Waals surface area contributed by atoms with Crippen LogP contribution in [0.15, 0.2) is 54.9 Å². The first-order chi connectivity index (χ1) is 8.75. The van der Waals surface area contributed by atoms with Crippen LogP contribution in [-0.2, 0) is 0 Å². The third-order valence-corrected chi connectivity index (χ3v) is 3.82. The molecule has 0 bridgehead atoms. The molecule has 0 fully saturated rings. The maximum absolute atomic E-state index is 4.35. The van der Waals surface area contributed by atoms with Crippen LogP contribution >= 0.6 is 22.6 Å². The molecule has 0 aliphatic heterocycles. The molecule has 1 nitrogen and oxygen atoms in total. The summed E-state index contributed by atoms with van der Waals surface area (Å²) in [5, 5.41) is 2.45. The summed E-state index contributed by atoms with van der Waals surface area (Å²) in [6.07, 6.45) is 3.87. The van der Waals surface area contributed by atoms with Crippen LogP contribution in [0.4, 0.5) is 0 Å². The quantitative estimate of drug-likeness (QED) is 0.577. The zero-order chi connectivity index (χ0) is 12.5. The molecule has 3 aromatic rings. The Morgan fingerprint density at radius 3 is 2.61 bits per heavy atom. The molecule has 0 N–H and O–H groups in total. The second kappa shape index (κ2) is 4.69. The third kappa shape index (κ3) is 2.01. The molecule has 0 saturated carbocycles. The maximum Gasteiger partial charge on any atom is 0.0352 e. The molecule has 0 aliphatic carbocycles. The van der Waals surface area contributed by atoms with Crippen LogP contribution < -0.4 is 0 Å². The number of hydrogen-bond acceptors (Lipinski definition) is 1. The molecule has 2 heteroatoms. The van der Waals surface area contributed by atoms with E-state index in [1.807, 2.05) is 12.4 Å². The molecule has 1 aromatic heterocycles. The molecule has 2 aromatic carbocycles. The zero-order valence-corrected chi connectivity index (χ0v) is 12.2. The highest BCUT2D eigenvalue weighted by Gasteiger charge is 2.06. The average Bonchev–Trinajstić information content (AvgIpc) is 2.38. The van der Waals surface area contributed by atoms with Crippen molar-refractivity contribution in [1.82, 2.24) is 4.98 Å². The normalized spacial score (nSPS) is 10.8. The van der Waals surface area contributed by atoms with Gasteiger partial charge in [0.1, 0.15) is 0 Å². The Hall–Kier alpha value is -1.42. The summed E-state index contributed by atoms with van der Waals surface area (Å²) < 4.78 is 1.27. The molecule has 0 amide bonds. The number of hydrogen-bond donors (Lipinski definition) is 0. The highest BCUT2D eigenvalue weighted by atomic mass is 127. The van der Waals surface area contributed by atoms with E-state index < -0.39 is 0 Å². The number of rotatable bonds is 1. The van der Waals surface area contributed by atoms with Crippen molar-refractivity contribution in [3.63, 3.8) is 0 Å². The van der Waals surface area contributed by atoms with Gasteiger partial charge in [-0.25, -0.2) is 0 Å². The van der Waals surface area contributed by atoms with E-state index in [0.717, 1.165) is 0 Å². The third-order valence-electron chi connectivity index (χ3n) is 3.15. The Morgan fingerprint density at radius 1 is 0.944 bits per heavy atom. The van der Waals surface area contributed by atoms with Crippen molar-refractivity contribution in [2.45, 2.75) is 6.92 Å². The van der Waals surface area contributed by atoms with Gasteiger partial charge < -0.3 is 0 Å². The second-order valence-corrected chi connectivity index (χ2v) is 5.61. The maximum atomic E-state index is 4.35. The molecule has 0 unspecified atom stereocenters. The molecule has 0 spiro atoms. The summed E-state index contributed by atoms with van der Waals surface area (Å²) in [6, 6.07) is 14.9. The van der Waals surface area contributed by atoms with Crippen molar-refractivity contribution in [1.29, 1.82) is 0 Å². The predicted octanol–water partition coefficient (Wildman–Crippen LogP) is 4.81. The first-order valence-electron chi connectivity index (χ1n) is 5.85. The standard InChI is InChI=1S/C16H12IN/c1-11-8-13(17)6-7-14(11)16-10-18-9-12-4-2-3-5-15(12)16/h2-10H,1H3. The van der Waals surface area contributed by atoms with Gasteiger partial charge >= 0.3 is 0 Å². The van der Waals surface area contributed by atoms with Crippen LogP contribution in [0.25, 0.3) is 21.9 Å². The van der Waals surface area contributed by atoms with Crippen molar-refractivity contribution < 1.29 is 0 Å². The smallest absolute Gasteiger partial charge is 0.0352 e. The minimum absolute atomic E-state index is 1.19. The molecule has 0 atom stereocenters. The van der Waals surface area contributed by atoms with Gasteiger partial charge in [-0.3, -0.25) is 4.98 Å². The summed E-state index contributed by atoms with van der Waals surface area (Å²) >= 11 is 2.34. The van der Waals surface area contributed by atoms with Crippen molar-refractivity contribution in [3.8, 4) is 11.1 Å². The van der Waals surface area contributed by atoms with E-state index in [-0.39, 0.29) is 0 Å². The predicted molar refractivity (Wildman–Crippen MR) is 84.6 cm³/mol. The zero-order valence-electron chi connectivity index (χ0n) is 10.0. The van der Waals surface area contributed by atoms with Gasteiger partial charge in [-0.1, -0.05) is 30.3 Å². The van der Waals surface area contributed by atoms with E-state index in [9.17, 15) is 0 Å². The number of nitrogens with zero attached hydrogens (tertiary/aromatic N) is 1. The summed E-state index contributed by atoms with van der Waals surface area (Å²) in [4.78, 5) is 4.35. The van der Waals surface area contributed by atoms with Gasteiger partial charge in [-0.2, -0.15) is 0 Å². The fourth-order valence-corrected chi connectivity index (χ4v) is 2.91. The van der Waals surface area contributed by atoms with Gasteiger partial charge in [0.05, 0.1) is 0 Å². The van der Waals surface area contributed by atoms with Crippen LogP contribution in [-0.4, -0.2) is 4.98 Å². The number of halogens is 1. The molecule has 0 aliphatic rings. The van der Waals surface area contributed by atoms with Crippen LogP contribution in [0.3, 0.4) is 0 Å². The highest BCUT2D eigenvalue weighted by Crippen LogP contribution is 2.30. The average molecular weight is 345 g/mol. The monoisotopic (exact) mass is 345 g/mol. The molecule has 0 saturated heterocycles. The number of aryl methyl sites for hydroxylation is 1. The Bertz CT molecular complexity index is 714. The Morgan fingerprint density at radius 2 is 1.78 bits per heavy atom. The lowest BCUT2D eigenvalue weighted by atomic mass is 9.97. The SMILES string of the molecule is Cc1cc(I)ccc1-c1cncc2ccccc12. The van der Waals surface area contributed by atoms with E-state index in [4.69, 9.17) is 0 Å².